The number of carbonyl (C=O) groups excluding carboxylic acids is 6. The molecule has 0 bridgehead atoms. The van der Waals surface area contributed by atoms with Gasteiger partial charge in [-0.05, 0) is 52.3 Å². The van der Waals surface area contributed by atoms with Crippen LogP contribution < -0.4 is 32.4 Å². The van der Waals surface area contributed by atoms with Crippen molar-refractivity contribution in [3.63, 3.8) is 0 Å². The summed E-state index contributed by atoms with van der Waals surface area (Å²) in [6, 6.07) is 17.0. The number of alkyl carbamates (subject to hydrolysis) is 2. The number of hydrogen-bond acceptors (Lipinski definition) is 12. The van der Waals surface area contributed by atoms with Gasteiger partial charge >= 0.3 is 18.2 Å². The minimum Gasteiger partial charge on any atom is -0.457 e. The maximum absolute atomic E-state index is 14.5. The number of nitrogens with zero attached hydrogens (tertiary/aromatic N) is 2. The average molecular weight is 903 g/mol. The number of nitrogens with two attached hydrogens (primary N) is 1. The highest BCUT2D eigenvalue weighted by Crippen LogP contribution is 2.24. The summed E-state index contributed by atoms with van der Waals surface area (Å²) < 4.78 is 16.2. The molecule has 17 nitrogen and oxygen atoms in total. The lowest BCUT2D eigenvalue weighted by molar-refractivity contribution is -0.159. The molecule has 0 unspecified atom stereocenters. The van der Waals surface area contributed by atoms with E-state index in [2.05, 4.69) is 31.7 Å². The molecule has 7 N–H and O–H groups in total. The van der Waals surface area contributed by atoms with Crippen molar-refractivity contribution in [2.75, 3.05) is 20.8 Å². The van der Waals surface area contributed by atoms with Gasteiger partial charge in [0.2, 0.25) is 11.8 Å². The molecule has 6 atom stereocenters. The third kappa shape index (κ3) is 16.8. The molecule has 5 amide bonds. The molecule has 65 heavy (non-hydrogen) atoms. The first-order valence-electron chi connectivity index (χ1n) is 21.8. The zero-order valence-corrected chi connectivity index (χ0v) is 39.9. The summed E-state index contributed by atoms with van der Waals surface area (Å²) in [6.07, 6.45) is -1.08. The molecule has 356 valence electrons. The molecule has 3 aromatic rings. The monoisotopic (exact) mass is 903 g/mol. The van der Waals surface area contributed by atoms with Gasteiger partial charge in [-0.25, -0.2) is 19.4 Å². The molecule has 0 spiro atoms. The van der Waals surface area contributed by atoms with Gasteiger partial charge in [0, 0.05) is 18.3 Å². The number of methoxy groups -OCH3 is 2. The van der Waals surface area contributed by atoms with Gasteiger partial charge in [0.15, 0.2) is 0 Å². The number of hydrogen-bond donors (Lipinski definition) is 6. The summed E-state index contributed by atoms with van der Waals surface area (Å²) >= 11 is 0. The first-order chi connectivity index (χ1) is 30.4. The Morgan fingerprint density at radius 1 is 0.662 bits per heavy atom. The van der Waals surface area contributed by atoms with Crippen LogP contribution in [0.3, 0.4) is 0 Å². The second-order valence-corrected chi connectivity index (χ2v) is 18.9. The van der Waals surface area contributed by atoms with Crippen LogP contribution in [0.2, 0.25) is 0 Å². The summed E-state index contributed by atoms with van der Waals surface area (Å²) in [7, 11) is 2.39. The Bertz CT molecular complexity index is 2020. The summed E-state index contributed by atoms with van der Waals surface area (Å²) in [5, 5.41) is 12.6. The number of nitrogens with one attached hydrogen (secondary N) is 5. The number of pyridine rings is 1. The minimum atomic E-state index is -1.25. The maximum Gasteiger partial charge on any atom is 0.407 e. The summed E-state index contributed by atoms with van der Waals surface area (Å²) in [6.45, 7) is 17.6. The van der Waals surface area contributed by atoms with E-state index in [1.165, 1.54) is 14.2 Å². The number of amides is 5. The van der Waals surface area contributed by atoms with E-state index in [-0.39, 0.29) is 25.4 Å². The molecule has 0 aliphatic rings. The van der Waals surface area contributed by atoms with Crippen molar-refractivity contribution in [2.24, 2.45) is 28.4 Å². The Morgan fingerprint density at radius 2 is 1.22 bits per heavy atom. The minimum absolute atomic E-state index is 0.0471. The van der Waals surface area contributed by atoms with Crippen LogP contribution in [0.4, 0.5) is 9.59 Å². The largest absolute Gasteiger partial charge is 0.457 e. The SMILES string of the molecule is COC(=O)N[C@H](C(=O)N[C@@H](Cc1ccccc1)[C@H](CN(Cc1ccc(-c2ccccn2)cc1)NC(=O)[C@@H](NC(=O)OC)C(C)(C)C)OC(=O)[C@@H](NC(=O)[C@H](N)C(C)C)C(C)C)C(C)(C)C. The van der Waals surface area contributed by atoms with E-state index in [4.69, 9.17) is 19.9 Å². The van der Waals surface area contributed by atoms with Gasteiger partial charge in [0.05, 0.1) is 38.5 Å². The number of rotatable bonds is 20. The predicted molar refractivity (Wildman–Crippen MR) is 247 cm³/mol. The fourth-order valence-corrected chi connectivity index (χ4v) is 6.76. The van der Waals surface area contributed by atoms with E-state index in [9.17, 15) is 28.8 Å². The van der Waals surface area contributed by atoms with Gasteiger partial charge in [0.25, 0.3) is 5.91 Å². The second kappa shape index (κ2) is 24.3. The Kier molecular flexibility index (Phi) is 19.9. The first-order valence-corrected chi connectivity index (χ1v) is 21.8. The van der Waals surface area contributed by atoms with Crippen LogP contribution in [0.25, 0.3) is 11.3 Å². The number of benzene rings is 2. The maximum atomic E-state index is 14.5. The fourth-order valence-electron chi connectivity index (χ4n) is 6.76. The smallest absolute Gasteiger partial charge is 0.407 e. The molecule has 0 saturated heterocycles. The zero-order chi connectivity index (χ0) is 48.6. The quantitative estimate of drug-likeness (QED) is 0.0506. The van der Waals surface area contributed by atoms with Crippen LogP contribution in [-0.2, 0) is 46.4 Å². The normalized spacial score (nSPS) is 14.5. The van der Waals surface area contributed by atoms with Crippen molar-refractivity contribution >= 4 is 35.9 Å². The van der Waals surface area contributed by atoms with Crippen molar-refractivity contribution in [1.29, 1.82) is 0 Å². The van der Waals surface area contributed by atoms with Gasteiger partial charge in [0.1, 0.15) is 24.2 Å². The molecule has 0 radical (unpaired) electrons. The molecule has 1 aromatic heterocycles. The zero-order valence-electron chi connectivity index (χ0n) is 39.9. The van der Waals surface area contributed by atoms with Gasteiger partial charge in [-0.15, -0.1) is 0 Å². The number of aromatic nitrogens is 1. The highest BCUT2D eigenvalue weighted by atomic mass is 16.6. The van der Waals surface area contributed by atoms with E-state index in [1.807, 2.05) is 72.8 Å². The van der Waals surface area contributed by atoms with Crippen LogP contribution >= 0.6 is 0 Å². The third-order valence-corrected chi connectivity index (χ3v) is 10.7. The number of hydrazine groups is 1. The fraction of sp³-hybridized carbons (Fsp3) is 0.521. The van der Waals surface area contributed by atoms with Gasteiger partial charge in [-0.2, -0.15) is 0 Å². The summed E-state index contributed by atoms with van der Waals surface area (Å²) in [5.74, 6) is -3.25. The van der Waals surface area contributed by atoms with Crippen molar-refractivity contribution in [3.8, 4) is 11.3 Å². The Hall–Kier alpha value is -6.07. The molecule has 1 heterocycles. The number of ether oxygens (including phenoxy) is 3. The molecule has 3 rings (SSSR count). The van der Waals surface area contributed by atoms with Crippen molar-refractivity contribution < 1.29 is 43.0 Å². The molecule has 0 saturated carbocycles. The lowest BCUT2D eigenvalue weighted by Gasteiger charge is -2.37. The van der Waals surface area contributed by atoms with Gasteiger partial charge in [-0.1, -0.05) is 130 Å². The topological polar surface area (TPSA) is 232 Å². The number of carbonyl (C=O) groups is 6. The van der Waals surface area contributed by atoms with Crippen LogP contribution in [0, 0.1) is 22.7 Å². The molecule has 0 aliphatic carbocycles. The molecule has 0 fully saturated rings. The highest BCUT2D eigenvalue weighted by Gasteiger charge is 2.40. The Balaban J connectivity index is 2.25. The van der Waals surface area contributed by atoms with Crippen molar-refractivity contribution in [2.45, 2.75) is 119 Å². The predicted octanol–water partition coefficient (Wildman–Crippen LogP) is 4.89. The Labute approximate surface area is 383 Å². The van der Waals surface area contributed by atoms with E-state index in [0.29, 0.717) is 0 Å². The van der Waals surface area contributed by atoms with Crippen LogP contribution in [0.5, 0.6) is 0 Å². The summed E-state index contributed by atoms with van der Waals surface area (Å²) in [5.41, 5.74) is 10.6. The van der Waals surface area contributed by atoms with Crippen LogP contribution in [0.15, 0.2) is 79.0 Å². The van der Waals surface area contributed by atoms with E-state index >= 15 is 0 Å². The van der Waals surface area contributed by atoms with Crippen molar-refractivity contribution in [3.05, 3.63) is 90.1 Å². The molecular formula is C48H70N8O9. The van der Waals surface area contributed by atoms with Crippen molar-refractivity contribution in [1.82, 2.24) is 36.7 Å². The molecule has 0 aliphatic heterocycles. The third-order valence-electron chi connectivity index (χ3n) is 10.7. The second-order valence-electron chi connectivity index (χ2n) is 18.9. The molecule has 2 aromatic carbocycles. The van der Waals surface area contributed by atoms with E-state index in [1.54, 1.807) is 80.4 Å². The standard InChI is InChI=1S/C48H70N8O9/c1-29(2)37(49)41(57)52-38(30(3)4)44(60)65-36(35(26-31-18-14-13-15-19-31)51-42(58)39(47(5,6)7)53-45(61)63-11)28-56(55-43(59)40(48(8,9)10)54-46(62)64-12)27-32-21-23-33(24-22-32)34-20-16-17-25-50-34/h13-25,29-30,35-40H,26-28,49H2,1-12H3,(H,51,58)(H,52,57)(H,53,61)(H,54,62)(H,55,59)/t35-,36-,37+,38-,39+,40+/m0/s1. The van der Waals surface area contributed by atoms with E-state index < -0.39 is 88.9 Å². The van der Waals surface area contributed by atoms with E-state index in [0.717, 1.165) is 22.4 Å². The van der Waals surface area contributed by atoms with Gasteiger partial charge < -0.3 is 41.2 Å². The first kappa shape index (κ1) is 53.3. The average Bonchev–Trinajstić information content (AvgIpc) is 3.25. The highest BCUT2D eigenvalue weighted by molar-refractivity contribution is 5.89. The molecular weight excluding hydrogens is 833 g/mol. The lowest BCUT2D eigenvalue weighted by Crippen LogP contribution is -2.62. The van der Waals surface area contributed by atoms with Gasteiger partial charge in [-0.3, -0.25) is 24.8 Å². The Morgan fingerprint density at radius 3 is 1.71 bits per heavy atom. The summed E-state index contributed by atoms with van der Waals surface area (Å²) in [4.78, 5) is 86.2. The number of esters is 1. The molecule has 17 heteroatoms. The lowest BCUT2D eigenvalue weighted by atomic mass is 9.85. The van der Waals surface area contributed by atoms with Crippen LogP contribution in [0.1, 0.15) is 80.4 Å². The van der Waals surface area contributed by atoms with Crippen LogP contribution in [-0.4, -0.2) is 103 Å².